The van der Waals surface area contributed by atoms with E-state index in [0.29, 0.717) is 19.0 Å². The van der Waals surface area contributed by atoms with Gasteiger partial charge in [-0.1, -0.05) is 0 Å². The Morgan fingerprint density at radius 2 is 2.18 bits per heavy atom. The van der Waals surface area contributed by atoms with Crippen LogP contribution in [0, 0.1) is 0 Å². The van der Waals surface area contributed by atoms with Crippen molar-refractivity contribution >= 4 is 11.8 Å². The molecule has 0 amide bonds. The van der Waals surface area contributed by atoms with Crippen molar-refractivity contribution in [2.45, 2.75) is 25.3 Å². The topological polar surface area (TPSA) is 84.3 Å². The van der Waals surface area contributed by atoms with Gasteiger partial charge < -0.3 is 15.2 Å². The Bertz CT molecular complexity index is 416. The lowest BCUT2D eigenvalue weighted by Crippen LogP contribution is -2.41. The molecular formula is C11H15N3O3. The maximum Gasteiger partial charge on any atom is 0.356 e. The molecule has 1 aromatic heterocycles. The summed E-state index contributed by atoms with van der Waals surface area (Å²) in [5.41, 5.74) is -0.157. The van der Waals surface area contributed by atoms with Crippen molar-refractivity contribution in [1.82, 2.24) is 9.97 Å². The molecule has 0 aliphatic carbocycles. The Kier molecular flexibility index (Phi) is 3.23. The van der Waals surface area contributed by atoms with Gasteiger partial charge in [-0.15, -0.1) is 0 Å². The van der Waals surface area contributed by atoms with E-state index in [-0.39, 0.29) is 11.2 Å². The maximum absolute atomic E-state index is 10.8. The number of ether oxygens (including phenoxy) is 1. The smallest absolute Gasteiger partial charge is 0.356 e. The van der Waals surface area contributed by atoms with E-state index in [1.54, 1.807) is 0 Å². The average Bonchev–Trinajstić information content (AvgIpc) is 2.29. The molecular weight excluding hydrogens is 222 g/mol. The SMILES string of the molecule is CC1(Nc2cncc(C(=O)O)n2)CCOCC1. The second-order valence-electron chi connectivity index (χ2n) is 4.39. The second-order valence-corrected chi connectivity index (χ2v) is 4.39. The van der Waals surface area contributed by atoms with Gasteiger partial charge in [-0.3, -0.25) is 4.98 Å². The van der Waals surface area contributed by atoms with Gasteiger partial charge >= 0.3 is 5.97 Å². The molecule has 0 bridgehead atoms. The molecule has 17 heavy (non-hydrogen) atoms. The molecule has 0 aromatic carbocycles. The number of carboxylic acid groups (broad SMARTS) is 1. The highest BCUT2D eigenvalue weighted by atomic mass is 16.5. The first-order valence-electron chi connectivity index (χ1n) is 5.50. The van der Waals surface area contributed by atoms with Gasteiger partial charge in [-0.25, -0.2) is 9.78 Å². The number of hydrogen-bond donors (Lipinski definition) is 2. The Morgan fingerprint density at radius 3 is 2.82 bits per heavy atom. The van der Waals surface area contributed by atoms with Crippen LogP contribution in [0.15, 0.2) is 12.4 Å². The predicted octanol–water partition coefficient (Wildman–Crippen LogP) is 1.16. The second kappa shape index (κ2) is 4.67. The van der Waals surface area contributed by atoms with Crippen molar-refractivity contribution in [3.05, 3.63) is 18.1 Å². The van der Waals surface area contributed by atoms with E-state index in [1.807, 2.05) is 0 Å². The quantitative estimate of drug-likeness (QED) is 0.820. The minimum Gasteiger partial charge on any atom is -0.476 e. The van der Waals surface area contributed by atoms with Crippen molar-refractivity contribution in [1.29, 1.82) is 0 Å². The molecule has 1 fully saturated rings. The van der Waals surface area contributed by atoms with E-state index in [0.717, 1.165) is 12.8 Å². The highest BCUT2D eigenvalue weighted by Gasteiger charge is 2.27. The average molecular weight is 237 g/mol. The summed E-state index contributed by atoms with van der Waals surface area (Å²) in [6.45, 7) is 3.48. The fourth-order valence-corrected chi connectivity index (χ4v) is 1.79. The summed E-state index contributed by atoms with van der Waals surface area (Å²) in [5.74, 6) is -0.576. The molecule has 1 aliphatic heterocycles. The van der Waals surface area contributed by atoms with Crippen LogP contribution in [-0.2, 0) is 4.74 Å². The van der Waals surface area contributed by atoms with E-state index < -0.39 is 5.97 Å². The molecule has 0 spiro atoms. The number of carboxylic acids is 1. The molecule has 6 nitrogen and oxygen atoms in total. The summed E-state index contributed by atoms with van der Waals surface area (Å²) in [4.78, 5) is 18.6. The third-order valence-corrected chi connectivity index (χ3v) is 2.88. The summed E-state index contributed by atoms with van der Waals surface area (Å²) in [5, 5.41) is 12.1. The normalized spacial score (nSPS) is 18.6. The Balaban J connectivity index is 2.12. The van der Waals surface area contributed by atoms with Gasteiger partial charge in [0.15, 0.2) is 5.69 Å². The Labute approximate surface area is 99.0 Å². The monoisotopic (exact) mass is 237 g/mol. The zero-order valence-electron chi connectivity index (χ0n) is 9.64. The van der Waals surface area contributed by atoms with Gasteiger partial charge in [-0.2, -0.15) is 0 Å². The Morgan fingerprint density at radius 1 is 1.47 bits per heavy atom. The first-order chi connectivity index (χ1) is 8.09. The predicted molar refractivity (Wildman–Crippen MR) is 61.1 cm³/mol. The lowest BCUT2D eigenvalue weighted by molar-refractivity contribution is 0.0653. The fraction of sp³-hybridized carbons (Fsp3) is 0.545. The van der Waals surface area contributed by atoms with Crippen LogP contribution in [0.4, 0.5) is 5.82 Å². The first-order valence-corrected chi connectivity index (χ1v) is 5.50. The molecule has 2 N–H and O–H groups in total. The summed E-state index contributed by atoms with van der Waals surface area (Å²) >= 11 is 0. The Hall–Kier alpha value is -1.69. The van der Waals surface area contributed by atoms with E-state index in [9.17, 15) is 4.79 Å². The number of rotatable bonds is 3. The molecule has 92 valence electrons. The van der Waals surface area contributed by atoms with Crippen LogP contribution >= 0.6 is 0 Å². The number of nitrogens with one attached hydrogen (secondary N) is 1. The number of aromatic nitrogens is 2. The molecule has 0 unspecified atom stereocenters. The fourth-order valence-electron chi connectivity index (χ4n) is 1.79. The largest absolute Gasteiger partial charge is 0.476 e. The number of hydrogen-bond acceptors (Lipinski definition) is 5. The lowest BCUT2D eigenvalue weighted by atomic mass is 9.92. The number of aromatic carboxylic acids is 1. The first kappa shape index (κ1) is 11.8. The third-order valence-electron chi connectivity index (χ3n) is 2.88. The van der Waals surface area contributed by atoms with Crippen molar-refractivity contribution in [2.24, 2.45) is 0 Å². The van der Waals surface area contributed by atoms with Crippen LogP contribution in [0.3, 0.4) is 0 Å². The lowest BCUT2D eigenvalue weighted by Gasteiger charge is -2.34. The molecule has 1 aromatic rings. The van der Waals surface area contributed by atoms with Crippen molar-refractivity contribution in [3.8, 4) is 0 Å². The molecule has 1 aliphatic rings. The van der Waals surface area contributed by atoms with E-state index in [2.05, 4.69) is 22.2 Å². The van der Waals surface area contributed by atoms with E-state index >= 15 is 0 Å². The van der Waals surface area contributed by atoms with Crippen LogP contribution in [0.2, 0.25) is 0 Å². The minimum absolute atomic E-state index is 0.0503. The number of anilines is 1. The summed E-state index contributed by atoms with van der Waals surface area (Å²) in [6, 6.07) is 0. The van der Waals surface area contributed by atoms with Crippen LogP contribution in [0.1, 0.15) is 30.3 Å². The van der Waals surface area contributed by atoms with Gasteiger partial charge in [0, 0.05) is 18.8 Å². The van der Waals surface area contributed by atoms with Gasteiger partial charge in [0.25, 0.3) is 0 Å². The van der Waals surface area contributed by atoms with E-state index in [1.165, 1.54) is 12.4 Å². The molecule has 0 radical (unpaired) electrons. The number of carbonyl (C=O) groups is 1. The number of nitrogens with zero attached hydrogens (tertiary/aromatic N) is 2. The van der Waals surface area contributed by atoms with Crippen molar-refractivity contribution in [2.75, 3.05) is 18.5 Å². The van der Waals surface area contributed by atoms with Crippen molar-refractivity contribution in [3.63, 3.8) is 0 Å². The summed E-state index contributed by atoms with van der Waals surface area (Å²) < 4.78 is 5.29. The molecule has 0 saturated carbocycles. The van der Waals surface area contributed by atoms with Gasteiger partial charge in [0.2, 0.25) is 0 Å². The van der Waals surface area contributed by atoms with Crippen LogP contribution in [0.5, 0.6) is 0 Å². The van der Waals surface area contributed by atoms with Gasteiger partial charge in [0.1, 0.15) is 5.82 Å². The van der Waals surface area contributed by atoms with E-state index in [4.69, 9.17) is 9.84 Å². The minimum atomic E-state index is -1.07. The van der Waals surface area contributed by atoms with Crippen LogP contribution in [0.25, 0.3) is 0 Å². The van der Waals surface area contributed by atoms with Crippen LogP contribution < -0.4 is 5.32 Å². The zero-order chi connectivity index (χ0) is 12.3. The molecule has 0 atom stereocenters. The maximum atomic E-state index is 10.8. The van der Waals surface area contributed by atoms with Crippen LogP contribution in [-0.4, -0.2) is 39.8 Å². The van der Waals surface area contributed by atoms with Gasteiger partial charge in [0.05, 0.1) is 12.4 Å². The molecule has 6 heteroatoms. The highest BCUT2D eigenvalue weighted by molar-refractivity contribution is 5.85. The highest BCUT2D eigenvalue weighted by Crippen LogP contribution is 2.24. The van der Waals surface area contributed by atoms with Gasteiger partial charge in [-0.05, 0) is 19.8 Å². The van der Waals surface area contributed by atoms with Crippen molar-refractivity contribution < 1.29 is 14.6 Å². The zero-order valence-corrected chi connectivity index (χ0v) is 9.64. The molecule has 2 rings (SSSR count). The summed E-state index contributed by atoms with van der Waals surface area (Å²) in [7, 11) is 0. The standard InChI is InChI=1S/C11H15N3O3/c1-11(2-4-17-5-3-11)14-9-7-12-6-8(13-9)10(15)16/h6-7H,2-5H2,1H3,(H,13,14)(H,15,16). The summed E-state index contributed by atoms with van der Waals surface area (Å²) in [6.07, 6.45) is 4.50. The third kappa shape index (κ3) is 2.91. The molecule has 2 heterocycles. The molecule has 1 saturated heterocycles.